The van der Waals surface area contributed by atoms with Crippen molar-refractivity contribution in [3.63, 3.8) is 0 Å². The molecule has 0 aliphatic heterocycles. The van der Waals surface area contributed by atoms with Crippen LogP contribution in [0.15, 0.2) is 48.5 Å². The zero-order valence-electron chi connectivity index (χ0n) is 12.7. The number of esters is 1. The molecule has 0 unspecified atom stereocenters. The van der Waals surface area contributed by atoms with Gasteiger partial charge in [0.25, 0.3) is 0 Å². The average molecular weight is 299 g/mol. The molecule has 0 amide bonds. The lowest BCUT2D eigenvalue weighted by atomic mass is 10.1. The fraction of sp³-hybridized carbons (Fsp3) is 0.278. The molecule has 0 radical (unpaired) electrons. The quantitative estimate of drug-likeness (QED) is 0.798. The van der Waals surface area contributed by atoms with Gasteiger partial charge in [0.2, 0.25) is 0 Å². The molecule has 4 heteroatoms. The molecule has 0 atom stereocenters. The van der Waals surface area contributed by atoms with E-state index in [4.69, 9.17) is 15.2 Å². The number of aryl methyl sites for hydroxylation is 1. The summed E-state index contributed by atoms with van der Waals surface area (Å²) in [6.45, 7) is 1.11. The fourth-order valence-corrected chi connectivity index (χ4v) is 2.13. The molecule has 116 valence electrons. The fourth-order valence-electron chi connectivity index (χ4n) is 2.13. The highest BCUT2D eigenvalue weighted by Gasteiger charge is 2.06. The van der Waals surface area contributed by atoms with Crippen LogP contribution < -0.4 is 10.5 Å². The molecule has 2 aromatic rings. The summed E-state index contributed by atoms with van der Waals surface area (Å²) in [6.07, 6.45) is 1.97. The zero-order chi connectivity index (χ0) is 15.8. The lowest BCUT2D eigenvalue weighted by molar-refractivity contribution is 0.0600. The highest BCUT2D eigenvalue weighted by atomic mass is 16.5. The van der Waals surface area contributed by atoms with Crippen LogP contribution in [0.3, 0.4) is 0 Å². The molecule has 0 aliphatic rings. The molecule has 0 spiro atoms. The summed E-state index contributed by atoms with van der Waals surface area (Å²) in [6, 6.07) is 15.3. The highest BCUT2D eigenvalue weighted by Crippen LogP contribution is 2.16. The summed E-state index contributed by atoms with van der Waals surface area (Å²) < 4.78 is 10.5. The van der Waals surface area contributed by atoms with Crippen LogP contribution in [0.4, 0.5) is 0 Å². The van der Waals surface area contributed by atoms with Gasteiger partial charge in [-0.3, -0.25) is 0 Å². The molecule has 4 nitrogen and oxygen atoms in total. The Kier molecular flexibility index (Phi) is 5.98. The number of hydrogen-bond acceptors (Lipinski definition) is 4. The van der Waals surface area contributed by atoms with E-state index in [-0.39, 0.29) is 5.97 Å². The first-order valence-corrected chi connectivity index (χ1v) is 7.32. The monoisotopic (exact) mass is 299 g/mol. The Morgan fingerprint density at radius 1 is 1.09 bits per heavy atom. The van der Waals surface area contributed by atoms with Crippen molar-refractivity contribution in [2.75, 3.05) is 13.7 Å². The highest BCUT2D eigenvalue weighted by molar-refractivity contribution is 5.89. The van der Waals surface area contributed by atoms with E-state index >= 15 is 0 Å². The molecule has 0 bridgehead atoms. The molecule has 0 saturated heterocycles. The summed E-state index contributed by atoms with van der Waals surface area (Å²) in [4.78, 5) is 11.5. The van der Waals surface area contributed by atoms with E-state index in [1.54, 1.807) is 12.1 Å². The minimum atomic E-state index is -0.342. The summed E-state index contributed by atoms with van der Waals surface area (Å²) in [5, 5.41) is 0. The SMILES string of the molecule is COC(=O)c1cccc(COc2ccc(CCCN)cc2)c1. The van der Waals surface area contributed by atoms with E-state index in [1.807, 2.05) is 24.3 Å². The third kappa shape index (κ3) is 4.60. The minimum absolute atomic E-state index is 0.342. The molecule has 0 saturated carbocycles. The van der Waals surface area contributed by atoms with Crippen LogP contribution in [0.5, 0.6) is 5.75 Å². The minimum Gasteiger partial charge on any atom is -0.489 e. The summed E-state index contributed by atoms with van der Waals surface area (Å²) in [5.41, 5.74) is 8.21. The van der Waals surface area contributed by atoms with E-state index in [0.29, 0.717) is 18.7 Å². The van der Waals surface area contributed by atoms with Crippen molar-refractivity contribution in [2.45, 2.75) is 19.4 Å². The molecular formula is C18H21NO3. The van der Waals surface area contributed by atoms with Crippen molar-refractivity contribution in [1.29, 1.82) is 0 Å². The van der Waals surface area contributed by atoms with Crippen LogP contribution in [-0.2, 0) is 17.8 Å². The van der Waals surface area contributed by atoms with Crippen molar-refractivity contribution >= 4 is 5.97 Å². The Morgan fingerprint density at radius 2 is 1.86 bits per heavy atom. The Hall–Kier alpha value is -2.33. The second-order valence-corrected chi connectivity index (χ2v) is 5.02. The number of ether oxygens (including phenoxy) is 2. The second-order valence-electron chi connectivity index (χ2n) is 5.02. The van der Waals surface area contributed by atoms with Crippen LogP contribution in [0, 0.1) is 0 Å². The van der Waals surface area contributed by atoms with Crippen LogP contribution in [0.2, 0.25) is 0 Å². The number of rotatable bonds is 7. The van der Waals surface area contributed by atoms with Crippen LogP contribution in [0.1, 0.15) is 27.9 Å². The Morgan fingerprint density at radius 3 is 2.55 bits per heavy atom. The van der Waals surface area contributed by atoms with Gasteiger partial charge in [-0.05, 0) is 54.8 Å². The number of carbonyl (C=O) groups is 1. The molecule has 2 rings (SSSR count). The van der Waals surface area contributed by atoms with E-state index in [1.165, 1.54) is 12.7 Å². The van der Waals surface area contributed by atoms with Gasteiger partial charge in [0.1, 0.15) is 12.4 Å². The number of carbonyl (C=O) groups excluding carboxylic acids is 1. The zero-order valence-corrected chi connectivity index (χ0v) is 12.7. The van der Waals surface area contributed by atoms with Gasteiger partial charge in [-0.1, -0.05) is 24.3 Å². The van der Waals surface area contributed by atoms with E-state index in [0.717, 1.165) is 24.2 Å². The van der Waals surface area contributed by atoms with Gasteiger partial charge in [0.05, 0.1) is 12.7 Å². The Labute approximate surface area is 130 Å². The first-order chi connectivity index (χ1) is 10.7. The normalized spacial score (nSPS) is 10.3. The van der Waals surface area contributed by atoms with Crippen molar-refractivity contribution in [1.82, 2.24) is 0 Å². The maximum atomic E-state index is 11.5. The van der Waals surface area contributed by atoms with E-state index < -0.39 is 0 Å². The van der Waals surface area contributed by atoms with Crippen LogP contribution in [0.25, 0.3) is 0 Å². The Balaban J connectivity index is 1.93. The summed E-state index contributed by atoms with van der Waals surface area (Å²) in [7, 11) is 1.37. The first kappa shape index (κ1) is 16.0. The van der Waals surface area contributed by atoms with E-state index in [2.05, 4.69) is 12.1 Å². The van der Waals surface area contributed by atoms with E-state index in [9.17, 15) is 4.79 Å². The average Bonchev–Trinajstić information content (AvgIpc) is 2.58. The van der Waals surface area contributed by atoms with Crippen molar-refractivity contribution in [3.8, 4) is 5.75 Å². The smallest absolute Gasteiger partial charge is 0.337 e. The van der Waals surface area contributed by atoms with Gasteiger partial charge < -0.3 is 15.2 Å². The lowest BCUT2D eigenvalue weighted by Crippen LogP contribution is -2.03. The van der Waals surface area contributed by atoms with Crippen molar-refractivity contribution < 1.29 is 14.3 Å². The van der Waals surface area contributed by atoms with Crippen LogP contribution in [-0.4, -0.2) is 19.6 Å². The predicted molar refractivity (Wildman–Crippen MR) is 85.9 cm³/mol. The molecule has 0 heterocycles. The molecule has 0 aliphatic carbocycles. The predicted octanol–water partition coefficient (Wildman–Crippen LogP) is 2.94. The largest absolute Gasteiger partial charge is 0.489 e. The molecule has 0 fully saturated rings. The molecular weight excluding hydrogens is 278 g/mol. The number of hydrogen-bond donors (Lipinski definition) is 1. The third-order valence-corrected chi connectivity index (χ3v) is 3.35. The van der Waals surface area contributed by atoms with Gasteiger partial charge in [0.15, 0.2) is 0 Å². The van der Waals surface area contributed by atoms with Crippen molar-refractivity contribution in [3.05, 3.63) is 65.2 Å². The van der Waals surface area contributed by atoms with Crippen molar-refractivity contribution in [2.24, 2.45) is 5.73 Å². The van der Waals surface area contributed by atoms with Gasteiger partial charge >= 0.3 is 5.97 Å². The molecule has 0 aromatic heterocycles. The first-order valence-electron chi connectivity index (χ1n) is 7.32. The molecule has 2 aromatic carbocycles. The molecule has 22 heavy (non-hydrogen) atoms. The van der Waals surface area contributed by atoms with Gasteiger partial charge in [-0.25, -0.2) is 4.79 Å². The number of methoxy groups -OCH3 is 1. The van der Waals surface area contributed by atoms with Gasteiger partial charge in [0, 0.05) is 0 Å². The summed E-state index contributed by atoms with van der Waals surface area (Å²) >= 11 is 0. The number of benzene rings is 2. The standard InChI is InChI=1S/C18H21NO3/c1-21-18(20)16-6-2-4-15(12-16)13-22-17-9-7-14(8-10-17)5-3-11-19/h2,4,6-10,12H,3,5,11,13,19H2,1H3. The maximum Gasteiger partial charge on any atom is 0.337 e. The van der Waals surface area contributed by atoms with Crippen LogP contribution >= 0.6 is 0 Å². The topological polar surface area (TPSA) is 61.5 Å². The molecule has 2 N–H and O–H groups in total. The Bertz CT molecular complexity index is 608. The lowest BCUT2D eigenvalue weighted by Gasteiger charge is -2.08. The van der Waals surface area contributed by atoms with Gasteiger partial charge in [-0.15, -0.1) is 0 Å². The number of nitrogens with two attached hydrogens (primary N) is 1. The maximum absolute atomic E-state index is 11.5. The van der Waals surface area contributed by atoms with Gasteiger partial charge in [-0.2, -0.15) is 0 Å². The second kappa shape index (κ2) is 8.20. The summed E-state index contributed by atoms with van der Waals surface area (Å²) in [5.74, 6) is 0.464. The third-order valence-electron chi connectivity index (χ3n) is 3.35.